The van der Waals surface area contributed by atoms with Crippen molar-refractivity contribution in [2.24, 2.45) is 0 Å². The first-order valence-electron chi connectivity index (χ1n) is 6.29. The molecule has 0 nitrogen and oxygen atoms in total. The first kappa shape index (κ1) is 12.3. The van der Waals surface area contributed by atoms with E-state index >= 15 is 0 Å². The number of hydrogen-bond donors (Lipinski definition) is 1. The van der Waals surface area contributed by atoms with Crippen molar-refractivity contribution in [1.29, 1.82) is 0 Å². The number of hydrogen-bond acceptors (Lipinski definition) is 0. The van der Waals surface area contributed by atoms with Gasteiger partial charge < -0.3 is 0 Å². The molecular weight excluding hydrogens is 224 g/mol. The van der Waals surface area contributed by atoms with Gasteiger partial charge in [-0.25, -0.2) is 10.9 Å². The quantitative estimate of drug-likeness (QED) is 0.710. The van der Waals surface area contributed by atoms with Gasteiger partial charge in [0.25, 0.3) is 0 Å². The van der Waals surface area contributed by atoms with Gasteiger partial charge in [0.15, 0.2) is 0 Å². The SMILES string of the molecule is CCCC[SH](c1ccccc1)c1ccccc1. The Morgan fingerprint density at radius 1 is 0.765 bits per heavy atom. The maximum absolute atomic E-state index is 2.27. The lowest BCUT2D eigenvalue weighted by Gasteiger charge is -2.22. The molecule has 1 heteroatoms. The first-order valence-corrected chi connectivity index (χ1v) is 7.82. The highest BCUT2D eigenvalue weighted by Gasteiger charge is 2.08. The van der Waals surface area contributed by atoms with E-state index in [-0.39, 0.29) is 10.9 Å². The molecule has 0 heterocycles. The van der Waals surface area contributed by atoms with Crippen LogP contribution >= 0.6 is 10.9 Å². The second-order valence-electron chi connectivity index (χ2n) is 4.18. The summed E-state index contributed by atoms with van der Waals surface area (Å²) in [7, 11) is -0.157. The summed E-state index contributed by atoms with van der Waals surface area (Å²) in [5, 5.41) is 0. The van der Waals surface area contributed by atoms with Crippen molar-refractivity contribution in [1.82, 2.24) is 0 Å². The Balaban J connectivity index is 2.26. The molecule has 2 aromatic carbocycles. The summed E-state index contributed by atoms with van der Waals surface area (Å²) in [4.78, 5) is 3.00. The lowest BCUT2D eigenvalue weighted by Crippen LogP contribution is -1.91. The number of unbranched alkanes of at least 4 members (excludes halogenated alkanes) is 1. The van der Waals surface area contributed by atoms with E-state index in [1.165, 1.54) is 28.4 Å². The van der Waals surface area contributed by atoms with Crippen molar-refractivity contribution in [3.8, 4) is 0 Å². The van der Waals surface area contributed by atoms with Crippen LogP contribution in [0, 0.1) is 0 Å². The van der Waals surface area contributed by atoms with Crippen molar-refractivity contribution in [3.05, 3.63) is 60.7 Å². The lowest BCUT2D eigenvalue weighted by atomic mass is 10.4. The molecule has 0 saturated heterocycles. The Kier molecular flexibility index (Phi) is 4.69. The molecule has 0 radical (unpaired) electrons. The monoisotopic (exact) mass is 244 g/mol. The molecule has 2 rings (SSSR count). The summed E-state index contributed by atoms with van der Waals surface area (Å²) in [6.07, 6.45) is 2.59. The molecule has 0 amide bonds. The highest BCUT2D eigenvalue weighted by molar-refractivity contribution is 8.17. The van der Waals surface area contributed by atoms with Crippen LogP contribution in [0.2, 0.25) is 0 Å². The average Bonchev–Trinajstić information content (AvgIpc) is 2.42. The van der Waals surface area contributed by atoms with E-state index in [2.05, 4.69) is 67.6 Å². The van der Waals surface area contributed by atoms with Gasteiger partial charge in [0.2, 0.25) is 0 Å². The predicted molar refractivity (Wildman–Crippen MR) is 78.2 cm³/mol. The van der Waals surface area contributed by atoms with Crippen LogP contribution in [0.5, 0.6) is 0 Å². The van der Waals surface area contributed by atoms with E-state index in [9.17, 15) is 0 Å². The van der Waals surface area contributed by atoms with Gasteiger partial charge in [-0.1, -0.05) is 74.0 Å². The zero-order chi connectivity index (χ0) is 11.9. The van der Waals surface area contributed by atoms with Crippen LogP contribution in [0.1, 0.15) is 19.8 Å². The molecule has 17 heavy (non-hydrogen) atoms. The van der Waals surface area contributed by atoms with E-state index in [1.807, 2.05) is 0 Å². The molecule has 0 aliphatic carbocycles. The molecule has 0 bridgehead atoms. The van der Waals surface area contributed by atoms with Gasteiger partial charge in [-0.2, -0.15) is 0 Å². The fourth-order valence-electron chi connectivity index (χ4n) is 1.94. The molecule has 0 saturated carbocycles. The van der Waals surface area contributed by atoms with Gasteiger partial charge >= 0.3 is 0 Å². The standard InChI is InChI=1S/C16H20S/c1-2-3-14-17(15-10-6-4-7-11-15)16-12-8-5-9-13-16/h4-13,17H,2-3,14H2,1H3. The normalized spacial score (nSPS) is 11.2. The summed E-state index contributed by atoms with van der Waals surface area (Å²) >= 11 is 0. The summed E-state index contributed by atoms with van der Waals surface area (Å²) in [6.45, 7) is 2.27. The fraction of sp³-hybridized carbons (Fsp3) is 0.250. The Bertz CT molecular complexity index is 382. The van der Waals surface area contributed by atoms with E-state index in [0.717, 1.165) is 0 Å². The summed E-state index contributed by atoms with van der Waals surface area (Å²) in [6, 6.07) is 21.9. The van der Waals surface area contributed by atoms with Crippen LogP contribution in [-0.4, -0.2) is 5.75 Å². The van der Waals surface area contributed by atoms with Crippen molar-refractivity contribution in [2.45, 2.75) is 29.6 Å². The van der Waals surface area contributed by atoms with Crippen molar-refractivity contribution >= 4 is 10.9 Å². The van der Waals surface area contributed by atoms with E-state index in [4.69, 9.17) is 0 Å². The van der Waals surface area contributed by atoms with Crippen LogP contribution in [0.15, 0.2) is 70.5 Å². The second kappa shape index (κ2) is 6.51. The molecule has 90 valence electrons. The van der Waals surface area contributed by atoms with Crippen molar-refractivity contribution < 1.29 is 0 Å². The Morgan fingerprint density at radius 2 is 1.24 bits per heavy atom. The van der Waals surface area contributed by atoms with Gasteiger partial charge in [0.1, 0.15) is 0 Å². The maximum atomic E-state index is 2.27. The molecular formula is C16H20S. The fourth-order valence-corrected chi connectivity index (χ4v) is 4.45. The van der Waals surface area contributed by atoms with Gasteiger partial charge in [-0.15, -0.1) is 0 Å². The molecule has 0 aliphatic heterocycles. The number of thiol groups is 1. The van der Waals surface area contributed by atoms with Crippen LogP contribution in [0.4, 0.5) is 0 Å². The third kappa shape index (κ3) is 3.37. The lowest BCUT2D eigenvalue weighted by molar-refractivity contribution is 0.892. The van der Waals surface area contributed by atoms with Crippen LogP contribution < -0.4 is 0 Å². The summed E-state index contributed by atoms with van der Waals surface area (Å²) < 4.78 is 0. The number of benzene rings is 2. The highest BCUT2D eigenvalue weighted by Crippen LogP contribution is 2.44. The van der Waals surface area contributed by atoms with E-state index < -0.39 is 0 Å². The molecule has 0 aliphatic rings. The maximum Gasteiger partial charge on any atom is -0.00855 e. The minimum atomic E-state index is -0.157. The summed E-state index contributed by atoms with van der Waals surface area (Å²) in [5.74, 6) is 1.31. The van der Waals surface area contributed by atoms with E-state index in [1.54, 1.807) is 0 Å². The highest BCUT2D eigenvalue weighted by atomic mass is 32.2. The zero-order valence-corrected chi connectivity index (χ0v) is 11.2. The van der Waals surface area contributed by atoms with Gasteiger partial charge in [-0.05, 0) is 22.0 Å². The van der Waals surface area contributed by atoms with Gasteiger partial charge in [0.05, 0.1) is 0 Å². The van der Waals surface area contributed by atoms with Crippen molar-refractivity contribution in [3.63, 3.8) is 0 Å². The van der Waals surface area contributed by atoms with Gasteiger partial charge in [0, 0.05) is 0 Å². The largest absolute Gasteiger partial charge is 0.200 e. The van der Waals surface area contributed by atoms with E-state index in [0.29, 0.717) is 0 Å². The predicted octanol–water partition coefficient (Wildman–Crippen LogP) is 4.91. The minimum absolute atomic E-state index is 0.157. The molecule has 0 N–H and O–H groups in total. The van der Waals surface area contributed by atoms with Crippen LogP contribution in [-0.2, 0) is 0 Å². The molecule has 0 fully saturated rings. The molecule has 0 aromatic heterocycles. The van der Waals surface area contributed by atoms with Crippen molar-refractivity contribution in [2.75, 3.05) is 5.75 Å². The summed E-state index contributed by atoms with van der Waals surface area (Å²) in [5.41, 5.74) is 0. The molecule has 0 unspecified atom stereocenters. The first-order chi connectivity index (χ1) is 8.42. The molecule has 0 spiro atoms. The molecule has 0 atom stereocenters. The third-order valence-corrected chi connectivity index (χ3v) is 5.48. The Morgan fingerprint density at radius 3 is 1.65 bits per heavy atom. The van der Waals surface area contributed by atoms with Gasteiger partial charge in [-0.3, -0.25) is 0 Å². The Labute approximate surface area is 107 Å². The zero-order valence-electron chi connectivity index (χ0n) is 10.3. The Hall–Kier alpha value is -1.21. The second-order valence-corrected chi connectivity index (χ2v) is 6.51. The topological polar surface area (TPSA) is 0 Å². The molecule has 2 aromatic rings. The average molecular weight is 244 g/mol. The minimum Gasteiger partial charge on any atom is -0.200 e. The van der Waals surface area contributed by atoms with Crippen LogP contribution in [0.25, 0.3) is 0 Å². The smallest absolute Gasteiger partial charge is 0.00855 e. The number of rotatable bonds is 5. The van der Waals surface area contributed by atoms with Crippen LogP contribution in [0.3, 0.4) is 0 Å². The third-order valence-electron chi connectivity index (χ3n) is 2.87.